The van der Waals surface area contributed by atoms with Gasteiger partial charge >= 0.3 is 0 Å². The van der Waals surface area contributed by atoms with Crippen LogP contribution in [0.2, 0.25) is 0 Å². The van der Waals surface area contributed by atoms with E-state index < -0.39 is 0 Å². The van der Waals surface area contributed by atoms with E-state index in [0.717, 1.165) is 27.7 Å². The standard InChI is InChI=1S/C19H18N2O2S2/c1-23-17-8-4-2-6-14(17)10-20-19(22)16-7-3-5-9-18(16)25-12-15-11-24-13-21-15/h2-9,11,13H,10,12H2,1H3,(H,20,22). The third kappa shape index (κ3) is 4.61. The molecule has 1 amide bonds. The molecule has 4 nitrogen and oxygen atoms in total. The first-order valence-corrected chi connectivity index (χ1v) is 9.69. The second kappa shape index (κ2) is 8.69. The summed E-state index contributed by atoms with van der Waals surface area (Å²) in [4.78, 5) is 17.9. The third-order valence-corrected chi connectivity index (χ3v) is 5.37. The van der Waals surface area contributed by atoms with E-state index in [-0.39, 0.29) is 5.91 Å². The lowest BCUT2D eigenvalue weighted by Crippen LogP contribution is -2.23. The van der Waals surface area contributed by atoms with Crippen LogP contribution in [0.4, 0.5) is 0 Å². The predicted octanol–water partition coefficient (Wildman–Crippen LogP) is 4.37. The van der Waals surface area contributed by atoms with Crippen LogP contribution in [0, 0.1) is 0 Å². The highest BCUT2D eigenvalue weighted by atomic mass is 32.2. The van der Waals surface area contributed by atoms with E-state index >= 15 is 0 Å². The molecule has 0 aliphatic rings. The highest BCUT2D eigenvalue weighted by Gasteiger charge is 2.12. The lowest BCUT2D eigenvalue weighted by Gasteiger charge is -2.11. The maximum absolute atomic E-state index is 12.6. The van der Waals surface area contributed by atoms with Gasteiger partial charge < -0.3 is 10.1 Å². The van der Waals surface area contributed by atoms with E-state index in [0.29, 0.717) is 12.1 Å². The highest BCUT2D eigenvalue weighted by molar-refractivity contribution is 7.98. The summed E-state index contributed by atoms with van der Waals surface area (Å²) in [5.41, 5.74) is 4.48. The van der Waals surface area contributed by atoms with Crippen molar-refractivity contribution in [1.82, 2.24) is 10.3 Å². The number of hydrogen-bond donors (Lipinski definition) is 1. The summed E-state index contributed by atoms with van der Waals surface area (Å²) >= 11 is 3.20. The number of carbonyl (C=O) groups excluding carboxylic acids is 1. The molecule has 3 aromatic rings. The molecular formula is C19H18N2O2S2. The van der Waals surface area contributed by atoms with Gasteiger partial charge in [0.1, 0.15) is 5.75 Å². The second-order valence-corrected chi connectivity index (χ2v) is 7.00. The van der Waals surface area contributed by atoms with Crippen molar-refractivity contribution in [1.29, 1.82) is 0 Å². The van der Waals surface area contributed by atoms with Crippen LogP contribution in [0.1, 0.15) is 21.6 Å². The van der Waals surface area contributed by atoms with E-state index in [2.05, 4.69) is 10.3 Å². The Balaban J connectivity index is 1.67. The third-order valence-electron chi connectivity index (χ3n) is 3.62. The number of benzene rings is 2. The van der Waals surface area contributed by atoms with Gasteiger partial charge in [-0.1, -0.05) is 30.3 Å². The first-order chi connectivity index (χ1) is 12.3. The number of rotatable bonds is 7. The zero-order valence-electron chi connectivity index (χ0n) is 13.8. The number of aromatic nitrogens is 1. The number of carbonyl (C=O) groups is 1. The topological polar surface area (TPSA) is 51.2 Å². The quantitative estimate of drug-likeness (QED) is 0.627. The molecule has 3 rings (SSSR count). The Labute approximate surface area is 155 Å². The molecule has 25 heavy (non-hydrogen) atoms. The average Bonchev–Trinajstić information content (AvgIpc) is 3.18. The lowest BCUT2D eigenvalue weighted by molar-refractivity contribution is 0.0947. The Kier molecular flexibility index (Phi) is 6.09. The van der Waals surface area contributed by atoms with Crippen molar-refractivity contribution in [3.05, 3.63) is 76.2 Å². The maximum Gasteiger partial charge on any atom is 0.252 e. The van der Waals surface area contributed by atoms with Crippen LogP contribution in [0.15, 0.2) is 64.3 Å². The van der Waals surface area contributed by atoms with Gasteiger partial charge in [0, 0.05) is 28.1 Å². The molecule has 0 unspecified atom stereocenters. The van der Waals surface area contributed by atoms with E-state index in [1.165, 1.54) is 0 Å². The number of amides is 1. The number of thiazole rings is 1. The van der Waals surface area contributed by atoms with Crippen LogP contribution in [-0.4, -0.2) is 18.0 Å². The summed E-state index contributed by atoms with van der Waals surface area (Å²) < 4.78 is 5.33. The first-order valence-electron chi connectivity index (χ1n) is 7.77. The van der Waals surface area contributed by atoms with E-state index in [1.54, 1.807) is 30.2 Å². The zero-order valence-corrected chi connectivity index (χ0v) is 15.4. The predicted molar refractivity (Wildman–Crippen MR) is 102 cm³/mol. The molecule has 128 valence electrons. The molecule has 0 radical (unpaired) electrons. The normalized spacial score (nSPS) is 10.4. The van der Waals surface area contributed by atoms with Crippen molar-refractivity contribution in [3.8, 4) is 5.75 Å². The molecular weight excluding hydrogens is 352 g/mol. The van der Waals surface area contributed by atoms with Gasteiger partial charge in [-0.3, -0.25) is 4.79 Å². The number of para-hydroxylation sites is 1. The molecule has 1 aromatic heterocycles. The van der Waals surface area contributed by atoms with Crippen LogP contribution in [-0.2, 0) is 12.3 Å². The van der Waals surface area contributed by atoms with Gasteiger partial charge in [-0.25, -0.2) is 4.98 Å². The number of ether oxygens (including phenoxy) is 1. The van der Waals surface area contributed by atoms with Gasteiger partial charge in [0.15, 0.2) is 0 Å². The van der Waals surface area contributed by atoms with Crippen LogP contribution in [0.25, 0.3) is 0 Å². The van der Waals surface area contributed by atoms with Crippen LogP contribution >= 0.6 is 23.1 Å². The van der Waals surface area contributed by atoms with Gasteiger partial charge in [-0.2, -0.15) is 0 Å². The van der Waals surface area contributed by atoms with Crippen molar-refractivity contribution >= 4 is 29.0 Å². The van der Waals surface area contributed by atoms with Crippen LogP contribution in [0.5, 0.6) is 5.75 Å². The highest BCUT2D eigenvalue weighted by Crippen LogP contribution is 2.26. The zero-order chi connectivity index (χ0) is 17.5. The van der Waals surface area contributed by atoms with Crippen molar-refractivity contribution in [3.63, 3.8) is 0 Å². The average molecular weight is 370 g/mol. The Morgan fingerprint density at radius 1 is 1.20 bits per heavy atom. The molecule has 6 heteroatoms. The molecule has 0 spiro atoms. The molecule has 2 aromatic carbocycles. The fraction of sp³-hybridized carbons (Fsp3) is 0.158. The van der Waals surface area contributed by atoms with Crippen LogP contribution in [0.3, 0.4) is 0 Å². The molecule has 0 atom stereocenters. The Hall–Kier alpha value is -2.31. The fourth-order valence-electron chi connectivity index (χ4n) is 2.36. The summed E-state index contributed by atoms with van der Waals surface area (Å²) in [6.07, 6.45) is 0. The van der Waals surface area contributed by atoms with Gasteiger partial charge in [-0.05, 0) is 18.2 Å². The molecule has 0 saturated heterocycles. The lowest BCUT2D eigenvalue weighted by atomic mass is 10.1. The van der Waals surface area contributed by atoms with Crippen molar-refractivity contribution in [2.75, 3.05) is 7.11 Å². The molecule has 0 aliphatic heterocycles. The Morgan fingerprint density at radius 2 is 2.00 bits per heavy atom. The summed E-state index contributed by atoms with van der Waals surface area (Å²) in [7, 11) is 1.63. The molecule has 1 N–H and O–H groups in total. The molecule has 0 fully saturated rings. The van der Waals surface area contributed by atoms with Gasteiger partial charge in [0.25, 0.3) is 5.91 Å². The summed E-state index contributed by atoms with van der Waals surface area (Å²) in [6.45, 7) is 0.425. The fourth-order valence-corrected chi connectivity index (χ4v) is 3.98. The van der Waals surface area contributed by atoms with E-state index in [1.807, 2.05) is 59.4 Å². The monoisotopic (exact) mass is 370 g/mol. The summed E-state index contributed by atoms with van der Waals surface area (Å²) in [5, 5.41) is 5.00. The minimum atomic E-state index is -0.0905. The smallest absolute Gasteiger partial charge is 0.252 e. The number of methoxy groups -OCH3 is 1. The second-order valence-electron chi connectivity index (χ2n) is 5.26. The van der Waals surface area contributed by atoms with E-state index in [9.17, 15) is 4.79 Å². The minimum absolute atomic E-state index is 0.0905. The number of hydrogen-bond acceptors (Lipinski definition) is 5. The maximum atomic E-state index is 12.6. The molecule has 0 saturated carbocycles. The molecule has 1 heterocycles. The first kappa shape index (κ1) is 17.5. The Bertz CT molecular complexity index is 835. The van der Waals surface area contributed by atoms with Crippen molar-refractivity contribution in [2.45, 2.75) is 17.2 Å². The number of thioether (sulfide) groups is 1. The summed E-state index contributed by atoms with van der Waals surface area (Å²) in [6, 6.07) is 15.3. The minimum Gasteiger partial charge on any atom is -0.496 e. The van der Waals surface area contributed by atoms with Gasteiger partial charge in [0.2, 0.25) is 0 Å². The number of nitrogens with zero attached hydrogens (tertiary/aromatic N) is 1. The SMILES string of the molecule is COc1ccccc1CNC(=O)c1ccccc1SCc1cscn1. The molecule has 0 bridgehead atoms. The van der Waals surface area contributed by atoms with Crippen molar-refractivity contribution < 1.29 is 9.53 Å². The Morgan fingerprint density at radius 3 is 2.80 bits per heavy atom. The molecule has 0 aliphatic carbocycles. The number of nitrogens with one attached hydrogen (secondary N) is 1. The largest absolute Gasteiger partial charge is 0.496 e. The van der Waals surface area contributed by atoms with E-state index in [4.69, 9.17) is 4.74 Å². The van der Waals surface area contributed by atoms with Gasteiger partial charge in [-0.15, -0.1) is 23.1 Å². The van der Waals surface area contributed by atoms with Crippen LogP contribution < -0.4 is 10.1 Å². The summed E-state index contributed by atoms with van der Waals surface area (Å²) in [5.74, 6) is 1.43. The van der Waals surface area contributed by atoms with Gasteiger partial charge in [0.05, 0.1) is 23.9 Å². The van der Waals surface area contributed by atoms with Crippen molar-refractivity contribution in [2.24, 2.45) is 0 Å².